The quantitative estimate of drug-likeness (QED) is 0.723. The number of pyridine rings is 1. The number of nitrogens with one attached hydrogen (secondary N) is 2. The molecule has 0 spiro atoms. The van der Waals surface area contributed by atoms with Gasteiger partial charge in [-0.2, -0.15) is 0 Å². The topological polar surface area (TPSA) is 54.0 Å². The van der Waals surface area contributed by atoms with Crippen LogP contribution in [0.25, 0.3) is 0 Å². The summed E-state index contributed by atoms with van der Waals surface area (Å²) < 4.78 is 0. The van der Waals surface area contributed by atoms with E-state index in [0.717, 1.165) is 24.3 Å². The van der Waals surface area contributed by atoms with Gasteiger partial charge in [-0.1, -0.05) is 30.3 Å². The zero-order chi connectivity index (χ0) is 16.6. The molecule has 1 aromatic heterocycles. The average molecular weight is 317 g/mol. The van der Waals surface area contributed by atoms with Crippen molar-refractivity contribution in [3.05, 3.63) is 90.3 Å². The van der Waals surface area contributed by atoms with Crippen LogP contribution in [0.5, 0.6) is 0 Å². The summed E-state index contributed by atoms with van der Waals surface area (Å²) in [5, 5.41) is 6.24. The number of nitrogens with zero attached hydrogens (tertiary/aromatic N) is 1. The second kappa shape index (κ2) is 7.92. The Morgan fingerprint density at radius 3 is 2.33 bits per heavy atom. The van der Waals surface area contributed by atoms with Crippen LogP contribution in [0.2, 0.25) is 0 Å². The minimum absolute atomic E-state index is 0.159. The third-order valence-corrected chi connectivity index (χ3v) is 3.65. The van der Waals surface area contributed by atoms with Crippen molar-refractivity contribution >= 4 is 17.3 Å². The molecule has 3 rings (SSSR count). The molecule has 0 atom stereocenters. The fraction of sp³-hybridized carbons (Fsp3) is 0.100. The van der Waals surface area contributed by atoms with Gasteiger partial charge in [0.15, 0.2) is 0 Å². The van der Waals surface area contributed by atoms with Gasteiger partial charge in [0.05, 0.1) is 5.56 Å². The highest BCUT2D eigenvalue weighted by Crippen LogP contribution is 2.14. The summed E-state index contributed by atoms with van der Waals surface area (Å²) in [6.45, 7) is 0.866. The lowest BCUT2D eigenvalue weighted by molar-refractivity contribution is 0.102. The Hall–Kier alpha value is -3.14. The molecule has 4 heteroatoms. The molecule has 1 amide bonds. The van der Waals surface area contributed by atoms with E-state index in [1.54, 1.807) is 24.5 Å². The molecule has 0 unspecified atom stereocenters. The van der Waals surface area contributed by atoms with Crippen LogP contribution in [-0.2, 0) is 6.42 Å². The van der Waals surface area contributed by atoms with Crippen molar-refractivity contribution in [1.29, 1.82) is 0 Å². The summed E-state index contributed by atoms with van der Waals surface area (Å²) in [5.74, 6) is -0.159. The lowest BCUT2D eigenvalue weighted by atomic mass is 10.1. The van der Waals surface area contributed by atoms with Gasteiger partial charge in [0.25, 0.3) is 5.91 Å². The number of anilines is 2. The number of carbonyl (C=O) groups is 1. The lowest BCUT2D eigenvalue weighted by Crippen LogP contribution is -2.12. The molecular weight excluding hydrogens is 298 g/mol. The molecule has 3 aromatic rings. The first-order chi connectivity index (χ1) is 11.8. The number of benzene rings is 2. The fourth-order valence-corrected chi connectivity index (χ4v) is 2.37. The zero-order valence-corrected chi connectivity index (χ0v) is 13.3. The van der Waals surface area contributed by atoms with Crippen LogP contribution >= 0.6 is 0 Å². The molecule has 120 valence electrons. The number of rotatable bonds is 6. The lowest BCUT2D eigenvalue weighted by Gasteiger charge is -2.09. The molecule has 0 aliphatic rings. The maximum Gasteiger partial charge on any atom is 0.257 e. The maximum atomic E-state index is 12.1. The van der Waals surface area contributed by atoms with Crippen molar-refractivity contribution in [2.75, 3.05) is 17.2 Å². The Morgan fingerprint density at radius 1 is 0.875 bits per heavy atom. The van der Waals surface area contributed by atoms with Gasteiger partial charge in [0.1, 0.15) is 0 Å². The van der Waals surface area contributed by atoms with E-state index >= 15 is 0 Å². The number of aromatic nitrogens is 1. The molecule has 2 N–H and O–H groups in total. The first-order valence-electron chi connectivity index (χ1n) is 7.90. The van der Waals surface area contributed by atoms with E-state index in [0.29, 0.717) is 5.56 Å². The summed E-state index contributed by atoms with van der Waals surface area (Å²) in [7, 11) is 0. The monoisotopic (exact) mass is 317 g/mol. The number of hydrogen-bond donors (Lipinski definition) is 2. The second-order valence-corrected chi connectivity index (χ2v) is 5.44. The SMILES string of the molecule is O=C(Nc1ccc(NCCc2ccccc2)cc1)c1cccnc1. The summed E-state index contributed by atoms with van der Waals surface area (Å²) in [4.78, 5) is 16.0. The van der Waals surface area contributed by atoms with Crippen LogP contribution in [0.3, 0.4) is 0 Å². The van der Waals surface area contributed by atoms with Crippen LogP contribution < -0.4 is 10.6 Å². The van der Waals surface area contributed by atoms with Crippen LogP contribution in [0.4, 0.5) is 11.4 Å². The normalized spacial score (nSPS) is 10.2. The van der Waals surface area contributed by atoms with Gasteiger partial charge in [-0.15, -0.1) is 0 Å². The van der Waals surface area contributed by atoms with Crippen molar-refractivity contribution in [1.82, 2.24) is 4.98 Å². The summed E-state index contributed by atoms with van der Waals surface area (Å²) in [5.41, 5.74) is 3.65. The number of hydrogen-bond acceptors (Lipinski definition) is 3. The van der Waals surface area contributed by atoms with Crippen molar-refractivity contribution in [2.45, 2.75) is 6.42 Å². The molecule has 0 fully saturated rings. The van der Waals surface area contributed by atoms with Crippen molar-refractivity contribution in [2.24, 2.45) is 0 Å². The molecular formula is C20H19N3O. The molecule has 0 bridgehead atoms. The Kier molecular flexibility index (Phi) is 5.20. The van der Waals surface area contributed by atoms with Gasteiger partial charge >= 0.3 is 0 Å². The highest BCUT2D eigenvalue weighted by atomic mass is 16.1. The second-order valence-electron chi connectivity index (χ2n) is 5.44. The fourth-order valence-electron chi connectivity index (χ4n) is 2.37. The predicted octanol–water partition coefficient (Wildman–Crippen LogP) is 3.99. The van der Waals surface area contributed by atoms with Crippen LogP contribution in [0.1, 0.15) is 15.9 Å². The van der Waals surface area contributed by atoms with Gasteiger partial charge < -0.3 is 10.6 Å². The smallest absolute Gasteiger partial charge is 0.257 e. The average Bonchev–Trinajstić information content (AvgIpc) is 2.65. The van der Waals surface area contributed by atoms with Gasteiger partial charge in [-0.25, -0.2) is 0 Å². The van der Waals surface area contributed by atoms with Gasteiger partial charge in [-0.3, -0.25) is 9.78 Å². The molecule has 0 aliphatic carbocycles. The standard InChI is InChI=1S/C20H19N3O/c24-20(17-7-4-13-21-15-17)23-19-10-8-18(9-11-19)22-14-12-16-5-2-1-3-6-16/h1-11,13,15,22H,12,14H2,(H,23,24). The summed E-state index contributed by atoms with van der Waals surface area (Å²) in [6.07, 6.45) is 4.17. The molecule has 0 saturated carbocycles. The third kappa shape index (κ3) is 4.43. The molecule has 0 radical (unpaired) electrons. The molecule has 4 nitrogen and oxygen atoms in total. The largest absolute Gasteiger partial charge is 0.385 e. The van der Waals surface area contributed by atoms with E-state index in [-0.39, 0.29) is 5.91 Å². The summed E-state index contributed by atoms with van der Waals surface area (Å²) >= 11 is 0. The van der Waals surface area contributed by atoms with E-state index in [2.05, 4.69) is 39.9 Å². The van der Waals surface area contributed by atoms with Crippen LogP contribution in [-0.4, -0.2) is 17.4 Å². The van der Waals surface area contributed by atoms with Crippen molar-refractivity contribution in [3.63, 3.8) is 0 Å². The van der Waals surface area contributed by atoms with E-state index in [1.807, 2.05) is 30.3 Å². The summed E-state index contributed by atoms with van der Waals surface area (Å²) in [6, 6.07) is 21.6. The Bertz CT molecular complexity index is 771. The van der Waals surface area contributed by atoms with Crippen molar-refractivity contribution < 1.29 is 4.79 Å². The minimum Gasteiger partial charge on any atom is -0.385 e. The minimum atomic E-state index is -0.159. The van der Waals surface area contributed by atoms with Gasteiger partial charge in [0, 0.05) is 30.3 Å². The van der Waals surface area contributed by atoms with Gasteiger partial charge in [0.2, 0.25) is 0 Å². The maximum absolute atomic E-state index is 12.1. The number of amides is 1. The highest BCUT2D eigenvalue weighted by Gasteiger charge is 2.05. The Balaban J connectivity index is 1.51. The van der Waals surface area contributed by atoms with E-state index in [9.17, 15) is 4.79 Å². The van der Waals surface area contributed by atoms with Crippen LogP contribution in [0.15, 0.2) is 79.1 Å². The third-order valence-electron chi connectivity index (χ3n) is 3.65. The van der Waals surface area contributed by atoms with Crippen LogP contribution in [0, 0.1) is 0 Å². The molecule has 0 aliphatic heterocycles. The Morgan fingerprint density at radius 2 is 1.62 bits per heavy atom. The van der Waals surface area contributed by atoms with E-state index < -0.39 is 0 Å². The van der Waals surface area contributed by atoms with E-state index in [1.165, 1.54) is 5.56 Å². The Labute approximate surface area is 141 Å². The van der Waals surface area contributed by atoms with Gasteiger partial charge in [-0.05, 0) is 48.4 Å². The first-order valence-corrected chi connectivity index (χ1v) is 7.90. The predicted molar refractivity (Wildman–Crippen MR) is 97.3 cm³/mol. The molecule has 1 heterocycles. The van der Waals surface area contributed by atoms with Crippen molar-refractivity contribution in [3.8, 4) is 0 Å². The zero-order valence-electron chi connectivity index (χ0n) is 13.3. The van der Waals surface area contributed by atoms with E-state index in [4.69, 9.17) is 0 Å². The molecule has 2 aromatic carbocycles. The first kappa shape index (κ1) is 15.7. The number of carbonyl (C=O) groups excluding carboxylic acids is 1. The highest BCUT2D eigenvalue weighted by molar-refractivity contribution is 6.04. The molecule has 0 saturated heterocycles. The molecule has 24 heavy (non-hydrogen) atoms.